The first-order valence-electron chi connectivity index (χ1n) is 4.95. The lowest BCUT2D eigenvalue weighted by Crippen LogP contribution is -2.13. The van der Waals surface area contributed by atoms with E-state index in [0.717, 1.165) is 5.56 Å². The number of rotatable bonds is 2. The molecule has 0 aliphatic rings. The van der Waals surface area contributed by atoms with Crippen LogP contribution in [0.3, 0.4) is 0 Å². The number of aryl methyl sites for hydroxylation is 2. The molecule has 0 saturated carbocycles. The molecule has 16 heavy (non-hydrogen) atoms. The van der Waals surface area contributed by atoms with Gasteiger partial charge in [-0.15, -0.1) is 0 Å². The topological polar surface area (TPSA) is 55.1 Å². The van der Waals surface area contributed by atoms with Crippen molar-refractivity contribution in [1.29, 1.82) is 0 Å². The number of pyridine rings is 1. The van der Waals surface area contributed by atoms with Crippen LogP contribution in [0.5, 0.6) is 0 Å². The summed E-state index contributed by atoms with van der Waals surface area (Å²) in [5.74, 6) is 0.934. The summed E-state index contributed by atoms with van der Waals surface area (Å²) in [6.45, 7) is 3.69. The molecule has 82 valence electrons. The van der Waals surface area contributed by atoms with Crippen LogP contribution >= 0.6 is 0 Å². The van der Waals surface area contributed by atoms with E-state index in [2.05, 4.69) is 10.3 Å². The van der Waals surface area contributed by atoms with Gasteiger partial charge in [-0.2, -0.15) is 0 Å². The molecular formula is C12H12N2O2. The molecule has 2 aromatic rings. The van der Waals surface area contributed by atoms with Gasteiger partial charge in [0.15, 0.2) is 0 Å². The number of amides is 1. The molecule has 0 fully saturated rings. The Morgan fingerprint density at radius 1 is 1.31 bits per heavy atom. The summed E-state index contributed by atoms with van der Waals surface area (Å²) in [6.07, 6.45) is 3.20. The highest BCUT2D eigenvalue weighted by molar-refractivity contribution is 6.04. The number of aromatic nitrogens is 1. The maximum Gasteiger partial charge on any atom is 0.260 e. The summed E-state index contributed by atoms with van der Waals surface area (Å²) >= 11 is 0. The molecule has 0 aromatic carbocycles. The molecule has 0 aliphatic heterocycles. The van der Waals surface area contributed by atoms with Crippen LogP contribution in [-0.2, 0) is 0 Å². The van der Waals surface area contributed by atoms with E-state index in [1.807, 2.05) is 13.0 Å². The normalized spacial score (nSPS) is 10.1. The molecule has 2 aromatic heterocycles. The minimum atomic E-state index is -0.206. The Labute approximate surface area is 93.3 Å². The third-order valence-corrected chi connectivity index (χ3v) is 2.26. The lowest BCUT2D eigenvalue weighted by molar-refractivity contribution is 0.102. The highest BCUT2D eigenvalue weighted by Gasteiger charge is 2.11. The number of carbonyl (C=O) groups excluding carboxylic acids is 1. The highest BCUT2D eigenvalue weighted by Crippen LogP contribution is 2.11. The quantitative estimate of drug-likeness (QED) is 0.839. The van der Waals surface area contributed by atoms with E-state index in [1.165, 1.54) is 6.26 Å². The number of hydrogen-bond donors (Lipinski definition) is 1. The Kier molecular flexibility index (Phi) is 2.72. The molecule has 0 atom stereocenters. The first-order valence-corrected chi connectivity index (χ1v) is 4.95. The number of nitrogens with zero attached hydrogens (tertiary/aromatic N) is 1. The van der Waals surface area contributed by atoms with Crippen LogP contribution in [-0.4, -0.2) is 10.9 Å². The van der Waals surface area contributed by atoms with Crippen molar-refractivity contribution in [1.82, 2.24) is 4.98 Å². The fourth-order valence-electron chi connectivity index (χ4n) is 1.35. The van der Waals surface area contributed by atoms with Crippen molar-refractivity contribution in [3.05, 3.63) is 47.5 Å². The molecule has 4 nitrogen and oxygen atoms in total. The van der Waals surface area contributed by atoms with E-state index in [0.29, 0.717) is 17.1 Å². The molecule has 2 rings (SSSR count). The maximum absolute atomic E-state index is 11.8. The minimum Gasteiger partial charge on any atom is -0.469 e. The van der Waals surface area contributed by atoms with E-state index >= 15 is 0 Å². The van der Waals surface area contributed by atoms with Gasteiger partial charge in [-0.3, -0.25) is 4.79 Å². The Morgan fingerprint density at radius 3 is 2.69 bits per heavy atom. The second kappa shape index (κ2) is 4.18. The van der Waals surface area contributed by atoms with Crippen molar-refractivity contribution in [3.8, 4) is 0 Å². The highest BCUT2D eigenvalue weighted by atomic mass is 16.3. The van der Waals surface area contributed by atoms with Crippen molar-refractivity contribution < 1.29 is 9.21 Å². The standard InChI is InChI=1S/C12H12N2O2/c1-8-3-4-11(13-7-8)14-12(15)10-5-6-16-9(10)2/h3-7H,1-2H3,(H,13,14,15). The number of furan rings is 1. The van der Waals surface area contributed by atoms with Gasteiger partial charge >= 0.3 is 0 Å². The monoisotopic (exact) mass is 216 g/mol. The zero-order chi connectivity index (χ0) is 11.5. The van der Waals surface area contributed by atoms with Crippen molar-refractivity contribution >= 4 is 11.7 Å². The zero-order valence-electron chi connectivity index (χ0n) is 9.15. The van der Waals surface area contributed by atoms with Crippen LogP contribution in [0.4, 0.5) is 5.82 Å². The number of nitrogens with one attached hydrogen (secondary N) is 1. The van der Waals surface area contributed by atoms with Gasteiger partial charge in [0.1, 0.15) is 11.6 Å². The number of carbonyl (C=O) groups is 1. The molecule has 1 amide bonds. The second-order valence-electron chi connectivity index (χ2n) is 3.57. The Bertz CT molecular complexity index is 500. The first-order chi connectivity index (χ1) is 7.66. The Balaban J connectivity index is 2.14. The lowest BCUT2D eigenvalue weighted by Gasteiger charge is -2.03. The van der Waals surface area contributed by atoms with Crippen molar-refractivity contribution in [2.24, 2.45) is 0 Å². The van der Waals surface area contributed by atoms with Crippen molar-refractivity contribution in [2.75, 3.05) is 5.32 Å². The van der Waals surface area contributed by atoms with Crippen LogP contribution in [0.25, 0.3) is 0 Å². The van der Waals surface area contributed by atoms with Gasteiger partial charge in [0, 0.05) is 6.20 Å². The molecule has 0 aliphatic carbocycles. The smallest absolute Gasteiger partial charge is 0.260 e. The van der Waals surface area contributed by atoms with Gasteiger partial charge in [-0.05, 0) is 31.5 Å². The van der Waals surface area contributed by atoms with Gasteiger partial charge in [0.2, 0.25) is 0 Å². The fourth-order valence-corrected chi connectivity index (χ4v) is 1.35. The molecule has 4 heteroatoms. The predicted octanol–water partition coefficient (Wildman–Crippen LogP) is 2.54. The van der Waals surface area contributed by atoms with Gasteiger partial charge in [0.25, 0.3) is 5.91 Å². The SMILES string of the molecule is Cc1ccc(NC(=O)c2ccoc2C)nc1. The average molecular weight is 216 g/mol. The minimum absolute atomic E-state index is 0.206. The van der Waals surface area contributed by atoms with Gasteiger partial charge < -0.3 is 9.73 Å². The molecule has 0 saturated heterocycles. The van der Waals surface area contributed by atoms with Gasteiger partial charge in [0.05, 0.1) is 11.8 Å². The summed E-state index contributed by atoms with van der Waals surface area (Å²) in [7, 11) is 0. The summed E-state index contributed by atoms with van der Waals surface area (Å²) in [6, 6.07) is 5.30. The van der Waals surface area contributed by atoms with E-state index in [9.17, 15) is 4.79 Å². The van der Waals surface area contributed by atoms with Crippen LogP contribution < -0.4 is 5.32 Å². The van der Waals surface area contributed by atoms with E-state index in [1.54, 1.807) is 25.3 Å². The van der Waals surface area contributed by atoms with Gasteiger partial charge in [-0.1, -0.05) is 6.07 Å². The third-order valence-electron chi connectivity index (χ3n) is 2.26. The summed E-state index contributed by atoms with van der Waals surface area (Å²) in [5.41, 5.74) is 1.58. The predicted molar refractivity (Wildman–Crippen MR) is 60.4 cm³/mol. The molecule has 0 bridgehead atoms. The van der Waals surface area contributed by atoms with Crippen LogP contribution in [0.1, 0.15) is 21.7 Å². The number of anilines is 1. The van der Waals surface area contributed by atoms with Crippen LogP contribution in [0.15, 0.2) is 35.1 Å². The Morgan fingerprint density at radius 2 is 2.12 bits per heavy atom. The summed E-state index contributed by atoms with van der Waals surface area (Å²) < 4.78 is 5.06. The molecule has 0 radical (unpaired) electrons. The maximum atomic E-state index is 11.8. The summed E-state index contributed by atoms with van der Waals surface area (Å²) in [5, 5.41) is 2.70. The molecule has 1 N–H and O–H groups in total. The van der Waals surface area contributed by atoms with Crippen molar-refractivity contribution in [3.63, 3.8) is 0 Å². The van der Waals surface area contributed by atoms with Crippen LogP contribution in [0, 0.1) is 13.8 Å². The largest absolute Gasteiger partial charge is 0.469 e. The third kappa shape index (κ3) is 2.11. The lowest BCUT2D eigenvalue weighted by atomic mass is 10.2. The number of hydrogen-bond acceptors (Lipinski definition) is 3. The average Bonchev–Trinajstić information content (AvgIpc) is 2.68. The molecule has 0 spiro atoms. The summed E-state index contributed by atoms with van der Waals surface area (Å²) in [4.78, 5) is 15.9. The first kappa shape index (κ1) is 10.4. The fraction of sp³-hybridized carbons (Fsp3) is 0.167. The van der Waals surface area contributed by atoms with Crippen molar-refractivity contribution in [2.45, 2.75) is 13.8 Å². The van der Waals surface area contributed by atoms with E-state index in [-0.39, 0.29) is 5.91 Å². The zero-order valence-corrected chi connectivity index (χ0v) is 9.15. The van der Waals surface area contributed by atoms with E-state index in [4.69, 9.17) is 4.42 Å². The Hall–Kier alpha value is -2.10. The molecule has 0 unspecified atom stereocenters. The van der Waals surface area contributed by atoms with Crippen LogP contribution in [0.2, 0.25) is 0 Å². The second-order valence-corrected chi connectivity index (χ2v) is 3.57. The molecular weight excluding hydrogens is 204 g/mol. The molecule has 2 heterocycles. The van der Waals surface area contributed by atoms with Gasteiger partial charge in [-0.25, -0.2) is 4.98 Å². The van der Waals surface area contributed by atoms with E-state index < -0.39 is 0 Å².